The molecule has 3 aliphatic rings. The highest BCUT2D eigenvalue weighted by molar-refractivity contribution is 7.90. The molecule has 1 atom stereocenters. The fourth-order valence-electron chi connectivity index (χ4n) is 4.07. The average molecular weight is 438 g/mol. The molecule has 2 saturated heterocycles. The summed E-state index contributed by atoms with van der Waals surface area (Å²) in [5, 5.41) is 0. The van der Waals surface area contributed by atoms with Gasteiger partial charge in [-0.3, -0.25) is 14.5 Å². The van der Waals surface area contributed by atoms with Crippen LogP contribution in [0.2, 0.25) is 0 Å². The molecule has 2 fully saturated rings. The second-order valence-corrected chi connectivity index (χ2v) is 10.3. The maximum atomic E-state index is 13.0. The molecular formula is C20H27N3O6S. The Morgan fingerprint density at radius 1 is 1.10 bits per heavy atom. The number of anilines is 1. The largest absolute Gasteiger partial charge is 0.486 e. The van der Waals surface area contributed by atoms with Crippen LogP contribution in [0.15, 0.2) is 18.2 Å². The minimum atomic E-state index is -2.99. The van der Waals surface area contributed by atoms with Crippen LogP contribution < -0.4 is 14.4 Å². The minimum Gasteiger partial charge on any atom is -0.486 e. The average Bonchev–Trinajstić information content (AvgIpc) is 3.13. The molecular weight excluding hydrogens is 410 g/mol. The molecule has 1 aromatic carbocycles. The van der Waals surface area contributed by atoms with Crippen LogP contribution in [-0.4, -0.2) is 94.5 Å². The molecule has 0 bridgehead atoms. The second-order valence-electron chi connectivity index (χ2n) is 8.03. The van der Waals surface area contributed by atoms with Crippen molar-refractivity contribution in [1.29, 1.82) is 0 Å². The highest BCUT2D eigenvalue weighted by Crippen LogP contribution is 2.36. The molecule has 0 aromatic heterocycles. The van der Waals surface area contributed by atoms with Crippen LogP contribution in [0, 0.1) is 5.92 Å². The number of nitrogens with zero attached hydrogens (tertiary/aromatic N) is 3. The van der Waals surface area contributed by atoms with Crippen molar-refractivity contribution in [3.63, 3.8) is 0 Å². The number of hydrogen-bond acceptors (Lipinski definition) is 7. The molecule has 0 aliphatic carbocycles. The number of ether oxygens (including phenoxy) is 2. The Balaban J connectivity index is 1.34. The van der Waals surface area contributed by atoms with Gasteiger partial charge in [0.05, 0.1) is 11.7 Å². The van der Waals surface area contributed by atoms with Crippen LogP contribution in [0.4, 0.5) is 5.69 Å². The van der Waals surface area contributed by atoms with Crippen molar-refractivity contribution in [2.24, 2.45) is 5.92 Å². The highest BCUT2D eigenvalue weighted by atomic mass is 32.2. The van der Waals surface area contributed by atoms with E-state index in [1.54, 1.807) is 21.9 Å². The van der Waals surface area contributed by atoms with E-state index in [2.05, 4.69) is 4.90 Å². The fourth-order valence-corrected chi connectivity index (χ4v) is 4.66. The van der Waals surface area contributed by atoms with Crippen LogP contribution in [0.5, 0.6) is 11.5 Å². The third kappa shape index (κ3) is 4.70. The minimum absolute atomic E-state index is 0.00819. The summed E-state index contributed by atoms with van der Waals surface area (Å²) in [5.74, 6) is 0.962. The predicted octanol–water partition coefficient (Wildman–Crippen LogP) is -0.000500. The van der Waals surface area contributed by atoms with Crippen molar-refractivity contribution in [2.45, 2.75) is 6.42 Å². The maximum absolute atomic E-state index is 13.0. The highest BCUT2D eigenvalue weighted by Gasteiger charge is 2.38. The fraction of sp³-hybridized carbons (Fsp3) is 0.600. The standard InChI is InChI=1S/C20H27N3O6S/c1-30(26,27)11-8-21-4-6-22(7-5-21)20(25)15-12-19(24)23(14-15)16-2-3-17-18(13-16)29-10-9-28-17/h2-3,13,15H,4-12,14H2,1H3. The van der Waals surface area contributed by atoms with E-state index in [9.17, 15) is 18.0 Å². The first-order chi connectivity index (χ1) is 14.3. The zero-order valence-corrected chi connectivity index (χ0v) is 17.9. The number of sulfone groups is 1. The molecule has 0 saturated carbocycles. The van der Waals surface area contributed by atoms with E-state index < -0.39 is 9.84 Å². The summed E-state index contributed by atoms with van der Waals surface area (Å²) in [6.07, 6.45) is 1.43. The molecule has 4 rings (SSSR count). The summed E-state index contributed by atoms with van der Waals surface area (Å²) < 4.78 is 33.8. The lowest BCUT2D eigenvalue weighted by Crippen LogP contribution is -2.51. The van der Waals surface area contributed by atoms with Gasteiger partial charge in [0, 0.05) is 63.7 Å². The van der Waals surface area contributed by atoms with Gasteiger partial charge in [-0.25, -0.2) is 8.42 Å². The Morgan fingerprint density at radius 3 is 2.50 bits per heavy atom. The SMILES string of the molecule is CS(=O)(=O)CCN1CCN(C(=O)C2CC(=O)N(c3ccc4c(c3)OCCO4)C2)CC1. The lowest BCUT2D eigenvalue weighted by Gasteiger charge is -2.35. The number of rotatable bonds is 5. The number of carbonyl (C=O) groups excluding carboxylic acids is 2. The molecule has 30 heavy (non-hydrogen) atoms. The molecule has 9 nitrogen and oxygen atoms in total. The Labute approximate surface area is 176 Å². The quantitative estimate of drug-likeness (QED) is 0.640. The van der Waals surface area contributed by atoms with Gasteiger partial charge in [0.1, 0.15) is 23.1 Å². The zero-order valence-electron chi connectivity index (χ0n) is 17.1. The summed E-state index contributed by atoms with van der Waals surface area (Å²) in [6, 6.07) is 5.40. The van der Waals surface area contributed by atoms with Gasteiger partial charge in [-0.1, -0.05) is 0 Å². The van der Waals surface area contributed by atoms with E-state index in [0.717, 1.165) is 0 Å². The van der Waals surface area contributed by atoms with Gasteiger partial charge >= 0.3 is 0 Å². The predicted molar refractivity (Wildman–Crippen MR) is 111 cm³/mol. The van der Waals surface area contributed by atoms with Crippen molar-refractivity contribution >= 4 is 27.3 Å². The van der Waals surface area contributed by atoms with Gasteiger partial charge < -0.3 is 19.3 Å². The number of carbonyl (C=O) groups is 2. The Kier molecular flexibility index (Phi) is 5.88. The topological polar surface area (TPSA) is 96.5 Å². The summed E-state index contributed by atoms with van der Waals surface area (Å²) in [5.41, 5.74) is 0.713. The Bertz CT molecular complexity index is 926. The van der Waals surface area contributed by atoms with Crippen LogP contribution in [-0.2, 0) is 19.4 Å². The van der Waals surface area contributed by atoms with Gasteiger partial charge in [-0.15, -0.1) is 0 Å². The van der Waals surface area contributed by atoms with E-state index in [1.807, 2.05) is 6.07 Å². The van der Waals surface area contributed by atoms with Crippen LogP contribution in [0.3, 0.4) is 0 Å². The third-order valence-electron chi connectivity index (χ3n) is 5.77. The molecule has 10 heteroatoms. The zero-order chi connectivity index (χ0) is 21.3. The first kappa shape index (κ1) is 20.9. The van der Waals surface area contributed by atoms with E-state index in [1.165, 1.54) is 6.26 Å². The van der Waals surface area contributed by atoms with Crippen LogP contribution in [0.25, 0.3) is 0 Å². The van der Waals surface area contributed by atoms with Gasteiger partial charge in [-0.05, 0) is 12.1 Å². The molecule has 1 unspecified atom stereocenters. The molecule has 3 aliphatic heterocycles. The third-order valence-corrected chi connectivity index (χ3v) is 6.70. The van der Waals surface area contributed by atoms with E-state index in [4.69, 9.17) is 9.47 Å². The van der Waals surface area contributed by atoms with Crippen molar-refractivity contribution < 1.29 is 27.5 Å². The summed E-state index contributed by atoms with van der Waals surface area (Å²) >= 11 is 0. The van der Waals surface area contributed by atoms with Gasteiger partial charge in [0.2, 0.25) is 11.8 Å². The lowest BCUT2D eigenvalue weighted by atomic mass is 10.1. The monoisotopic (exact) mass is 437 g/mol. The first-order valence-electron chi connectivity index (χ1n) is 10.2. The summed E-state index contributed by atoms with van der Waals surface area (Å²) in [6.45, 7) is 4.22. The summed E-state index contributed by atoms with van der Waals surface area (Å²) in [4.78, 5) is 31.1. The number of benzene rings is 1. The van der Waals surface area contributed by atoms with Gasteiger partial charge in [0.15, 0.2) is 11.5 Å². The van der Waals surface area contributed by atoms with E-state index >= 15 is 0 Å². The molecule has 164 valence electrons. The van der Waals surface area contributed by atoms with Gasteiger partial charge in [0.25, 0.3) is 0 Å². The molecule has 0 radical (unpaired) electrons. The first-order valence-corrected chi connectivity index (χ1v) is 12.2. The maximum Gasteiger partial charge on any atom is 0.228 e. The van der Waals surface area contributed by atoms with Gasteiger partial charge in [-0.2, -0.15) is 0 Å². The summed E-state index contributed by atoms with van der Waals surface area (Å²) in [7, 11) is -2.99. The number of hydrogen-bond donors (Lipinski definition) is 0. The van der Waals surface area contributed by atoms with Crippen LogP contribution in [0.1, 0.15) is 6.42 Å². The lowest BCUT2D eigenvalue weighted by molar-refractivity contribution is -0.137. The number of amides is 2. The van der Waals surface area contributed by atoms with Crippen molar-refractivity contribution in [1.82, 2.24) is 9.80 Å². The second kappa shape index (κ2) is 8.43. The number of fused-ring (bicyclic) bond motifs is 1. The Morgan fingerprint density at radius 2 is 1.80 bits per heavy atom. The molecule has 1 aromatic rings. The van der Waals surface area contributed by atoms with E-state index in [0.29, 0.717) is 69.7 Å². The van der Waals surface area contributed by atoms with Crippen molar-refractivity contribution in [3.8, 4) is 11.5 Å². The van der Waals surface area contributed by atoms with Crippen molar-refractivity contribution in [3.05, 3.63) is 18.2 Å². The van der Waals surface area contributed by atoms with Crippen molar-refractivity contribution in [2.75, 3.05) is 69.4 Å². The van der Waals surface area contributed by atoms with Crippen LogP contribution >= 0.6 is 0 Å². The smallest absolute Gasteiger partial charge is 0.228 e. The number of piperazine rings is 1. The molecule has 0 spiro atoms. The Hall–Kier alpha value is -2.33. The molecule has 0 N–H and O–H groups in total. The molecule has 2 amide bonds. The van der Waals surface area contributed by atoms with E-state index in [-0.39, 0.29) is 29.9 Å². The molecule has 3 heterocycles. The normalized spacial score (nSPS) is 22.4.